The number of thiophene rings is 1. The van der Waals surface area contributed by atoms with Gasteiger partial charge in [-0.05, 0) is 31.5 Å². The number of anilines is 1. The van der Waals surface area contributed by atoms with E-state index < -0.39 is 23.8 Å². The van der Waals surface area contributed by atoms with Crippen LogP contribution in [0.1, 0.15) is 24.2 Å². The van der Waals surface area contributed by atoms with Gasteiger partial charge < -0.3 is 14.8 Å². The first-order valence-corrected chi connectivity index (χ1v) is 9.95. The summed E-state index contributed by atoms with van der Waals surface area (Å²) in [4.78, 5) is 25.2. The standard InChI is InChI=1S/C22H20FNO4S/c1-3-27-22(26)19-16(15-9-5-4-6-10-15)13-29-21(19)24-20(25)14(2)28-18-12-8-7-11-17(18)23/h4-14H,3H2,1-2H3,(H,24,25). The van der Waals surface area contributed by atoms with Gasteiger partial charge in [0.1, 0.15) is 10.6 Å². The molecule has 1 heterocycles. The van der Waals surface area contributed by atoms with Crippen molar-refractivity contribution in [1.82, 2.24) is 0 Å². The molecule has 1 atom stereocenters. The van der Waals surface area contributed by atoms with E-state index in [0.29, 0.717) is 10.6 Å². The molecular weight excluding hydrogens is 393 g/mol. The van der Waals surface area contributed by atoms with Gasteiger partial charge in [-0.25, -0.2) is 9.18 Å². The number of carbonyl (C=O) groups is 2. The van der Waals surface area contributed by atoms with Crippen molar-refractivity contribution in [2.45, 2.75) is 20.0 Å². The molecule has 0 radical (unpaired) electrons. The maximum absolute atomic E-state index is 13.8. The molecular formula is C22H20FNO4S. The first kappa shape index (κ1) is 20.5. The lowest BCUT2D eigenvalue weighted by Crippen LogP contribution is -2.30. The number of carbonyl (C=O) groups excluding carboxylic acids is 2. The number of halogens is 1. The Morgan fingerprint density at radius 1 is 1.10 bits per heavy atom. The minimum Gasteiger partial charge on any atom is -0.478 e. The van der Waals surface area contributed by atoms with Crippen LogP contribution in [0.25, 0.3) is 11.1 Å². The molecule has 0 saturated carbocycles. The Kier molecular flexibility index (Phi) is 6.61. The maximum atomic E-state index is 13.8. The van der Waals surface area contributed by atoms with E-state index in [0.717, 1.165) is 5.56 Å². The third kappa shape index (κ3) is 4.81. The Morgan fingerprint density at radius 2 is 1.79 bits per heavy atom. The number of amides is 1. The summed E-state index contributed by atoms with van der Waals surface area (Å²) in [6.45, 7) is 3.44. The number of esters is 1. The number of para-hydroxylation sites is 1. The van der Waals surface area contributed by atoms with E-state index in [2.05, 4.69) is 5.32 Å². The topological polar surface area (TPSA) is 64.6 Å². The number of ether oxygens (including phenoxy) is 2. The summed E-state index contributed by atoms with van der Waals surface area (Å²) in [5.74, 6) is -1.59. The summed E-state index contributed by atoms with van der Waals surface area (Å²) in [5.41, 5.74) is 1.80. The lowest BCUT2D eigenvalue weighted by atomic mass is 10.0. The monoisotopic (exact) mass is 413 g/mol. The molecule has 29 heavy (non-hydrogen) atoms. The third-order valence-electron chi connectivity index (χ3n) is 4.10. The van der Waals surface area contributed by atoms with Crippen LogP contribution in [0.2, 0.25) is 0 Å². The smallest absolute Gasteiger partial charge is 0.341 e. The average Bonchev–Trinajstić information content (AvgIpc) is 3.14. The van der Waals surface area contributed by atoms with Crippen LogP contribution >= 0.6 is 11.3 Å². The van der Waals surface area contributed by atoms with Crippen molar-refractivity contribution >= 4 is 28.2 Å². The summed E-state index contributed by atoms with van der Waals surface area (Å²) in [6, 6.07) is 15.2. The molecule has 3 aromatic rings. The molecule has 150 valence electrons. The first-order valence-electron chi connectivity index (χ1n) is 9.07. The zero-order valence-corrected chi connectivity index (χ0v) is 16.8. The average molecular weight is 413 g/mol. The zero-order valence-electron chi connectivity index (χ0n) is 16.0. The van der Waals surface area contributed by atoms with E-state index in [1.54, 1.807) is 18.4 Å². The SMILES string of the molecule is CCOC(=O)c1c(-c2ccccc2)csc1NC(=O)C(C)Oc1ccccc1F. The largest absolute Gasteiger partial charge is 0.478 e. The summed E-state index contributed by atoms with van der Waals surface area (Å²) in [7, 11) is 0. The van der Waals surface area contributed by atoms with Crippen LogP contribution in [0, 0.1) is 5.82 Å². The van der Waals surface area contributed by atoms with E-state index >= 15 is 0 Å². The molecule has 0 bridgehead atoms. The highest BCUT2D eigenvalue weighted by atomic mass is 32.1. The fourth-order valence-electron chi connectivity index (χ4n) is 2.68. The lowest BCUT2D eigenvalue weighted by Gasteiger charge is -2.15. The predicted octanol–water partition coefficient (Wildman–Crippen LogP) is 5.14. The van der Waals surface area contributed by atoms with Gasteiger partial charge in [-0.15, -0.1) is 11.3 Å². The zero-order chi connectivity index (χ0) is 20.8. The molecule has 1 unspecified atom stereocenters. The molecule has 0 spiro atoms. The predicted molar refractivity (Wildman–Crippen MR) is 111 cm³/mol. The molecule has 0 saturated heterocycles. The Hall–Kier alpha value is -3.19. The first-order chi connectivity index (χ1) is 14.0. The fourth-order valence-corrected chi connectivity index (χ4v) is 3.64. The highest BCUT2D eigenvalue weighted by Crippen LogP contribution is 2.36. The van der Waals surface area contributed by atoms with Crippen molar-refractivity contribution < 1.29 is 23.5 Å². The van der Waals surface area contributed by atoms with Gasteiger partial charge in [-0.3, -0.25) is 4.79 Å². The van der Waals surface area contributed by atoms with Crippen LogP contribution in [0.3, 0.4) is 0 Å². The van der Waals surface area contributed by atoms with Crippen LogP contribution in [-0.4, -0.2) is 24.6 Å². The second-order valence-corrected chi connectivity index (χ2v) is 7.00. The van der Waals surface area contributed by atoms with Crippen LogP contribution in [0.15, 0.2) is 60.0 Å². The van der Waals surface area contributed by atoms with E-state index in [-0.39, 0.29) is 17.9 Å². The summed E-state index contributed by atoms with van der Waals surface area (Å²) < 4.78 is 24.4. The van der Waals surface area contributed by atoms with Gasteiger partial charge >= 0.3 is 5.97 Å². The van der Waals surface area contributed by atoms with Crippen molar-refractivity contribution in [1.29, 1.82) is 0 Å². The van der Waals surface area contributed by atoms with Gasteiger partial charge in [0.2, 0.25) is 0 Å². The van der Waals surface area contributed by atoms with E-state index in [1.165, 1.54) is 36.5 Å². The number of rotatable bonds is 7. The second-order valence-electron chi connectivity index (χ2n) is 6.12. The molecule has 0 aliphatic carbocycles. The maximum Gasteiger partial charge on any atom is 0.341 e. The van der Waals surface area contributed by atoms with E-state index in [9.17, 15) is 14.0 Å². The van der Waals surface area contributed by atoms with Crippen molar-refractivity contribution in [3.63, 3.8) is 0 Å². The normalized spacial score (nSPS) is 11.6. The van der Waals surface area contributed by atoms with Crippen LogP contribution in [0.5, 0.6) is 5.75 Å². The van der Waals surface area contributed by atoms with Crippen LogP contribution < -0.4 is 10.1 Å². The Balaban J connectivity index is 1.84. The molecule has 1 amide bonds. The summed E-state index contributed by atoms with van der Waals surface area (Å²) in [5, 5.41) is 4.86. The fraction of sp³-hybridized carbons (Fsp3) is 0.182. The lowest BCUT2D eigenvalue weighted by molar-refractivity contribution is -0.122. The van der Waals surface area contributed by atoms with Gasteiger partial charge in [-0.1, -0.05) is 42.5 Å². The molecule has 0 aliphatic heterocycles. The minimum absolute atomic E-state index is 0.0167. The van der Waals surface area contributed by atoms with Gasteiger partial charge in [0.15, 0.2) is 17.7 Å². The van der Waals surface area contributed by atoms with Crippen LogP contribution in [0.4, 0.5) is 9.39 Å². The second kappa shape index (κ2) is 9.34. The molecule has 0 aliphatic rings. The Labute approximate surface area is 172 Å². The third-order valence-corrected chi connectivity index (χ3v) is 5.00. The van der Waals surface area contributed by atoms with Gasteiger partial charge in [-0.2, -0.15) is 0 Å². The van der Waals surface area contributed by atoms with Gasteiger partial charge in [0, 0.05) is 10.9 Å². The van der Waals surface area contributed by atoms with Gasteiger partial charge in [0.25, 0.3) is 5.91 Å². The van der Waals surface area contributed by atoms with Crippen molar-refractivity contribution in [2.24, 2.45) is 0 Å². The summed E-state index contributed by atoms with van der Waals surface area (Å²) in [6.07, 6.45) is -0.968. The van der Waals surface area contributed by atoms with Crippen LogP contribution in [-0.2, 0) is 9.53 Å². The molecule has 1 aromatic heterocycles. The van der Waals surface area contributed by atoms with Crippen molar-refractivity contribution in [3.05, 3.63) is 71.4 Å². The number of nitrogens with one attached hydrogen (secondary N) is 1. The summed E-state index contributed by atoms with van der Waals surface area (Å²) >= 11 is 1.22. The number of hydrogen-bond donors (Lipinski definition) is 1. The van der Waals surface area contributed by atoms with Gasteiger partial charge in [0.05, 0.1) is 6.61 Å². The van der Waals surface area contributed by atoms with Crippen molar-refractivity contribution in [2.75, 3.05) is 11.9 Å². The minimum atomic E-state index is -0.968. The quantitative estimate of drug-likeness (QED) is 0.545. The highest BCUT2D eigenvalue weighted by Gasteiger charge is 2.25. The Morgan fingerprint density at radius 3 is 2.48 bits per heavy atom. The highest BCUT2D eigenvalue weighted by molar-refractivity contribution is 7.15. The molecule has 1 N–H and O–H groups in total. The van der Waals surface area contributed by atoms with E-state index in [1.807, 2.05) is 30.3 Å². The number of hydrogen-bond acceptors (Lipinski definition) is 5. The van der Waals surface area contributed by atoms with Crippen molar-refractivity contribution in [3.8, 4) is 16.9 Å². The molecule has 5 nitrogen and oxygen atoms in total. The molecule has 3 rings (SSSR count). The molecule has 7 heteroatoms. The number of benzene rings is 2. The Bertz CT molecular complexity index is 1000. The molecule has 2 aromatic carbocycles. The van der Waals surface area contributed by atoms with E-state index in [4.69, 9.17) is 9.47 Å². The molecule has 0 fully saturated rings.